The molecule has 0 amide bonds. The van der Waals surface area contributed by atoms with E-state index in [0.717, 1.165) is 0 Å². The minimum atomic E-state index is -0.693. The standard InChI is InChI=1S/C8H16FNO2/c1-11-2-3-12-6-8-4-7(9)5-10-8/h7-8,10H,2-6H2,1H3. The highest BCUT2D eigenvalue weighted by Gasteiger charge is 2.22. The molecule has 0 aromatic carbocycles. The maximum absolute atomic E-state index is 12.6. The van der Waals surface area contributed by atoms with Gasteiger partial charge in [0.05, 0.1) is 19.8 Å². The van der Waals surface area contributed by atoms with Gasteiger partial charge in [0.2, 0.25) is 0 Å². The van der Waals surface area contributed by atoms with E-state index in [2.05, 4.69) is 5.32 Å². The fourth-order valence-corrected chi connectivity index (χ4v) is 1.26. The molecule has 0 bridgehead atoms. The molecule has 0 radical (unpaired) electrons. The Balaban J connectivity index is 1.93. The van der Waals surface area contributed by atoms with Gasteiger partial charge in [0, 0.05) is 19.7 Å². The predicted octanol–water partition coefficient (Wildman–Crippen LogP) is 0.349. The third kappa shape index (κ3) is 3.47. The summed E-state index contributed by atoms with van der Waals surface area (Å²) in [6.07, 6.45) is -0.117. The van der Waals surface area contributed by atoms with Gasteiger partial charge in [0.25, 0.3) is 0 Å². The van der Waals surface area contributed by atoms with Gasteiger partial charge in [-0.2, -0.15) is 0 Å². The van der Waals surface area contributed by atoms with Crippen molar-refractivity contribution in [2.45, 2.75) is 18.6 Å². The number of nitrogens with one attached hydrogen (secondary N) is 1. The molecule has 1 rings (SSSR count). The van der Waals surface area contributed by atoms with E-state index >= 15 is 0 Å². The Morgan fingerprint density at radius 3 is 2.92 bits per heavy atom. The molecule has 1 N–H and O–H groups in total. The summed E-state index contributed by atoms with van der Waals surface area (Å²) in [4.78, 5) is 0. The molecular weight excluding hydrogens is 161 g/mol. The quantitative estimate of drug-likeness (QED) is 0.615. The monoisotopic (exact) mass is 177 g/mol. The van der Waals surface area contributed by atoms with E-state index in [-0.39, 0.29) is 6.04 Å². The van der Waals surface area contributed by atoms with Crippen LogP contribution >= 0.6 is 0 Å². The molecular formula is C8H16FNO2. The summed E-state index contributed by atoms with van der Waals surface area (Å²) < 4.78 is 22.7. The number of hydrogen-bond acceptors (Lipinski definition) is 3. The fraction of sp³-hybridized carbons (Fsp3) is 1.00. The van der Waals surface area contributed by atoms with Crippen LogP contribution in [-0.2, 0) is 9.47 Å². The van der Waals surface area contributed by atoms with Crippen LogP contribution in [0.25, 0.3) is 0 Å². The SMILES string of the molecule is COCCOCC1CC(F)CN1. The molecule has 1 heterocycles. The normalized spacial score (nSPS) is 29.5. The molecule has 0 aliphatic carbocycles. The van der Waals surface area contributed by atoms with Crippen LogP contribution in [0, 0.1) is 0 Å². The van der Waals surface area contributed by atoms with Crippen LogP contribution in [0.5, 0.6) is 0 Å². The van der Waals surface area contributed by atoms with E-state index in [4.69, 9.17) is 9.47 Å². The van der Waals surface area contributed by atoms with Crippen molar-refractivity contribution in [1.82, 2.24) is 5.32 Å². The zero-order valence-electron chi connectivity index (χ0n) is 7.38. The predicted molar refractivity (Wildman–Crippen MR) is 44.0 cm³/mol. The number of rotatable bonds is 5. The van der Waals surface area contributed by atoms with Crippen LogP contribution in [0.4, 0.5) is 4.39 Å². The first-order chi connectivity index (χ1) is 5.83. The summed E-state index contributed by atoms with van der Waals surface area (Å²) in [6.45, 7) is 2.25. The van der Waals surface area contributed by atoms with Crippen molar-refractivity contribution < 1.29 is 13.9 Å². The van der Waals surface area contributed by atoms with E-state index in [9.17, 15) is 4.39 Å². The van der Waals surface area contributed by atoms with Crippen molar-refractivity contribution in [1.29, 1.82) is 0 Å². The van der Waals surface area contributed by atoms with Gasteiger partial charge >= 0.3 is 0 Å². The van der Waals surface area contributed by atoms with Gasteiger partial charge in [0.1, 0.15) is 6.17 Å². The average molecular weight is 177 g/mol. The minimum absolute atomic E-state index is 0.192. The third-order valence-corrected chi connectivity index (χ3v) is 1.92. The Kier molecular flexibility index (Phi) is 4.50. The van der Waals surface area contributed by atoms with Crippen LogP contribution in [-0.4, -0.2) is 45.7 Å². The molecule has 0 aromatic rings. The van der Waals surface area contributed by atoms with E-state index in [1.807, 2.05) is 0 Å². The zero-order valence-corrected chi connectivity index (χ0v) is 7.38. The Labute approximate surface area is 72.2 Å². The summed E-state index contributed by atoms with van der Waals surface area (Å²) >= 11 is 0. The lowest BCUT2D eigenvalue weighted by molar-refractivity contribution is 0.0606. The van der Waals surface area contributed by atoms with Gasteiger partial charge < -0.3 is 14.8 Å². The second kappa shape index (κ2) is 5.45. The van der Waals surface area contributed by atoms with Crippen molar-refractivity contribution in [2.24, 2.45) is 0 Å². The smallest absolute Gasteiger partial charge is 0.114 e. The van der Waals surface area contributed by atoms with Crippen LogP contribution in [0.3, 0.4) is 0 Å². The summed E-state index contributed by atoms with van der Waals surface area (Å²) in [7, 11) is 1.63. The van der Waals surface area contributed by atoms with Gasteiger partial charge in [0.15, 0.2) is 0 Å². The maximum Gasteiger partial charge on any atom is 0.114 e. The molecule has 0 aromatic heterocycles. The zero-order chi connectivity index (χ0) is 8.81. The van der Waals surface area contributed by atoms with Crippen LogP contribution in [0.15, 0.2) is 0 Å². The molecule has 72 valence electrons. The van der Waals surface area contributed by atoms with E-state index in [0.29, 0.717) is 32.8 Å². The van der Waals surface area contributed by atoms with Gasteiger partial charge in [-0.1, -0.05) is 0 Å². The molecule has 1 aliphatic heterocycles. The number of ether oxygens (including phenoxy) is 2. The fourth-order valence-electron chi connectivity index (χ4n) is 1.26. The maximum atomic E-state index is 12.6. The molecule has 3 nitrogen and oxygen atoms in total. The first-order valence-corrected chi connectivity index (χ1v) is 4.27. The summed E-state index contributed by atoms with van der Waals surface area (Å²) in [6, 6.07) is 0.192. The Bertz CT molecular complexity index is 124. The second-order valence-corrected chi connectivity index (χ2v) is 3.01. The molecule has 4 heteroatoms. The highest BCUT2D eigenvalue weighted by atomic mass is 19.1. The molecule has 2 atom stereocenters. The Morgan fingerprint density at radius 1 is 1.50 bits per heavy atom. The average Bonchev–Trinajstić information content (AvgIpc) is 2.45. The van der Waals surface area contributed by atoms with Crippen LogP contribution < -0.4 is 5.32 Å². The van der Waals surface area contributed by atoms with Crippen molar-refractivity contribution in [2.75, 3.05) is 33.5 Å². The van der Waals surface area contributed by atoms with Crippen molar-refractivity contribution in [3.05, 3.63) is 0 Å². The van der Waals surface area contributed by atoms with E-state index in [1.165, 1.54) is 0 Å². The third-order valence-electron chi connectivity index (χ3n) is 1.92. The van der Waals surface area contributed by atoms with Crippen molar-refractivity contribution in [3.63, 3.8) is 0 Å². The van der Waals surface area contributed by atoms with Gasteiger partial charge in [-0.25, -0.2) is 4.39 Å². The van der Waals surface area contributed by atoms with Crippen molar-refractivity contribution >= 4 is 0 Å². The molecule has 0 saturated carbocycles. The second-order valence-electron chi connectivity index (χ2n) is 3.01. The minimum Gasteiger partial charge on any atom is -0.382 e. The number of halogens is 1. The van der Waals surface area contributed by atoms with Crippen molar-refractivity contribution in [3.8, 4) is 0 Å². The van der Waals surface area contributed by atoms with E-state index < -0.39 is 6.17 Å². The molecule has 1 aliphatic rings. The summed E-state index contributed by atoms with van der Waals surface area (Å²) in [5, 5.41) is 3.04. The lowest BCUT2D eigenvalue weighted by atomic mass is 10.2. The lowest BCUT2D eigenvalue weighted by Gasteiger charge is -2.09. The molecule has 1 saturated heterocycles. The molecule has 2 unspecified atom stereocenters. The van der Waals surface area contributed by atoms with E-state index in [1.54, 1.807) is 7.11 Å². The van der Waals surface area contributed by atoms with Crippen LogP contribution in [0.2, 0.25) is 0 Å². The first kappa shape index (κ1) is 9.89. The Hall–Kier alpha value is -0.190. The van der Waals surface area contributed by atoms with Gasteiger partial charge in [-0.15, -0.1) is 0 Å². The number of methoxy groups -OCH3 is 1. The largest absolute Gasteiger partial charge is 0.382 e. The lowest BCUT2D eigenvalue weighted by Crippen LogP contribution is -2.27. The first-order valence-electron chi connectivity index (χ1n) is 4.27. The molecule has 12 heavy (non-hydrogen) atoms. The topological polar surface area (TPSA) is 30.5 Å². The highest BCUT2D eigenvalue weighted by molar-refractivity contribution is 4.80. The molecule has 0 spiro atoms. The van der Waals surface area contributed by atoms with Gasteiger partial charge in [-0.05, 0) is 6.42 Å². The summed E-state index contributed by atoms with van der Waals surface area (Å²) in [5.74, 6) is 0. The highest BCUT2D eigenvalue weighted by Crippen LogP contribution is 2.09. The van der Waals surface area contributed by atoms with Crippen LogP contribution in [0.1, 0.15) is 6.42 Å². The van der Waals surface area contributed by atoms with Gasteiger partial charge in [-0.3, -0.25) is 0 Å². The number of hydrogen-bond donors (Lipinski definition) is 1. The Morgan fingerprint density at radius 2 is 2.33 bits per heavy atom. The molecule has 1 fully saturated rings. The number of alkyl halides is 1. The summed E-state index contributed by atoms with van der Waals surface area (Å²) in [5.41, 5.74) is 0.